The van der Waals surface area contributed by atoms with Crippen LogP contribution in [0.1, 0.15) is 33.3 Å². The van der Waals surface area contributed by atoms with E-state index in [2.05, 4.69) is 10.6 Å². The summed E-state index contributed by atoms with van der Waals surface area (Å²) in [6.07, 6.45) is 4.50. The van der Waals surface area contributed by atoms with Crippen LogP contribution in [0.5, 0.6) is 0 Å². The van der Waals surface area contributed by atoms with Gasteiger partial charge in [0.05, 0.1) is 0 Å². The Morgan fingerprint density at radius 1 is 1.18 bits per heavy atom. The molecule has 1 unspecified atom stereocenters. The third-order valence-corrected chi connectivity index (χ3v) is 4.01. The maximum atomic E-state index is 12.8. The van der Waals surface area contributed by atoms with Crippen LogP contribution in [0.15, 0.2) is 48.7 Å². The van der Waals surface area contributed by atoms with E-state index in [1.54, 1.807) is 46.2 Å². The predicted molar refractivity (Wildman–Crippen MR) is 107 cm³/mol. The summed E-state index contributed by atoms with van der Waals surface area (Å²) in [5.74, 6) is -0.761. The minimum absolute atomic E-state index is 0.276. The summed E-state index contributed by atoms with van der Waals surface area (Å²) in [6, 6.07) is 7.61. The zero-order valence-electron chi connectivity index (χ0n) is 16.9. The molecule has 28 heavy (non-hydrogen) atoms. The first kappa shape index (κ1) is 21.2. The average molecular weight is 385 g/mol. The van der Waals surface area contributed by atoms with Crippen molar-refractivity contribution in [2.45, 2.75) is 45.4 Å². The molecule has 150 valence electrons. The number of nitrogens with zero attached hydrogens (tertiary/aromatic N) is 1. The Morgan fingerprint density at radius 2 is 1.82 bits per heavy atom. The van der Waals surface area contributed by atoms with Gasteiger partial charge in [0.25, 0.3) is 5.91 Å². The number of rotatable bonds is 4. The quantitative estimate of drug-likeness (QED) is 0.833. The molecule has 0 bridgehead atoms. The van der Waals surface area contributed by atoms with E-state index in [9.17, 15) is 14.4 Å². The zero-order chi connectivity index (χ0) is 20.9. The van der Waals surface area contributed by atoms with Crippen LogP contribution in [0, 0.1) is 0 Å². The number of carbonyl (C=O) groups is 3. The van der Waals surface area contributed by atoms with E-state index < -0.39 is 29.7 Å². The van der Waals surface area contributed by atoms with Crippen LogP contribution in [0.2, 0.25) is 0 Å². The highest BCUT2D eigenvalue weighted by Gasteiger charge is 2.31. The fourth-order valence-corrected chi connectivity index (χ4v) is 2.63. The van der Waals surface area contributed by atoms with E-state index in [0.29, 0.717) is 5.57 Å². The highest BCUT2D eigenvalue weighted by Crippen LogP contribution is 2.22. The monoisotopic (exact) mass is 385 g/mol. The molecule has 0 radical (unpaired) electrons. The van der Waals surface area contributed by atoms with Crippen molar-refractivity contribution in [3.63, 3.8) is 0 Å². The normalized spacial score (nSPS) is 18.0. The van der Waals surface area contributed by atoms with Crippen molar-refractivity contribution in [1.82, 2.24) is 15.5 Å². The Hall–Kier alpha value is -3.09. The Kier molecular flexibility index (Phi) is 6.62. The number of hydrogen-bond donors (Lipinski definition) is 2. The molecule has 0 fully saturated rings. The van der Waals surface area contributed by atoms with Gasteiger partial charge in [-0.25, -0.2) is 4.79 Å². The van der Waals surface area contributed by atoms with Crippen molar-refractivity contribution in [1.29, 1.82) is 0 Å². The van der Waals surface area contributed by atoms with Gasteiger partial charge in [-0.3, -0.25) is 9.59 Å². The van der Waals surface area contributed by atoms with Crippen LogP contribution in [-0.4, -0.2) is 47.5 Å². The largest absolute Gasteiger partial charge is 0.444 e. The lowest BCUT2D eigenvalue weighted by atomic mass is 9.97. The molecule has 1 aliphatic rings. The molecule has 1 aromatic carbocycles. The fraction of sp³-hybridized carbons (Fsp3) is 0.381. The summed E-state index contributed by atoms with van der Waals surface area (Å²) >= 11 is 0. The number of likely N-dealkylation sites (N-methyl/N-ethyl adjacent to an activating group) is 1. The molecule has 1 aromatic rings. The molecule has 0 aromatic heterocycles. The Bertz CT molecular complexity index is 794. The van der Waals surface area contributed by atoms with Gasteiger partial charge in [-0.15, -0.1) is 0 Å². The van der Waals surface area contributed by atoms with Gasteiger partial charge in [0, 0.05) is 13.2 Å². The van der Waals surface area contributed by atoms with E-state index >= 15 is 0 Å². The average Bonchev–Trinajstić information content (AvgIpc) is 2.74. The first-order valence-corrected chi connectivity index (χ1v) is 9.09. The highest BCUT2D eigenvalue weighted by molar-refractivity contribution is 6.01. The minimum atomic E-state index is -0.877. The van der Waals surface area contributed by atoms with Crippen molar-refractivity contribution in [3.05, 3.63) is 54.2 Å². The lowest BCUT2D eigenvalue weighted by molar-refractivity contribution is -0.132. The van der Waals surface area contributed by atoms with E-state index in [1.807, 2.05) is 30.3 Å². The molecule has 0 saturated heterocycles. The summed E-state index contributed by atoms with van der Waals surface area (Å²) in [4.78, 5) is 38.8. The van der Waals surface area contributed by atoms with Crippen LogP contribution in [0.4, 0.5) is 4.79 Å². The summed E-state index contributed by atoms with van der Waals surface area (Å²) < 4.78 is 5.17. The summed E-state index contributed by atoms with van der Waals surface area (Å²) in [5.41, 5.74) is 0.827. The number of alkyl carbamates (subject to hydrolysis) is 1. The molecule has 0 spiro atoms. The molecule has 2 rings (SSSR count). The van der Waals surface area contributed by atoms with E-state index in [1.165, 1.54) is 11.8 Å². The number of benzene rings is 1. The maximum absolute atomic E-state index is 12.8. The van der Waals surface area contributed by atoms with Crippen molar-refractivity contribution < 1.29 is 19.1 Å². The second-order valence-electron chi connectivity index (χ2n) is 7.59. The second-order valence-corrected chi connectivity index (χ2v) is 7.59. The third kappa shape index (κ3) is 5.70. The van der Waals surface area contributed by atoms with Crippen LogP contribution in [0.25, 0.3) is 5.57 Å². The van der Waals surface area contributed by atoms with Gasteiger partial charge in [0.15, 0.2) is 0 Å². The Morgan fingerprint density at radius 3 is 2.43 bits per heavy atom. The molecular formula is C21H27N3O4. The maximum Gasteiger partial charge on any atom is 0.408 e. The van der Waals surface area contributed by atoms with E-state index in [0.717, 1.165) is 5.56 Å². The van der Waals surface area contributed by atoms with Gasteiger partial charge >= 0.3 is 6.09 Å². The second kappa shape index (κ2) is 8.73. The van der Waals surface area contributed by atoms with Crippen LogP contribution < -0.4 is 10.6 Å². The van der Waals surface area contributed by atoms with Gasteiger partial charge in [-0.1, -0.05) is 36.4 Å². The van der Waals surface area contributed by atoms with Crippen molar-refractivity contribution in [2.75, 3.05) is 7.05 Å². The topological polar surface area (TPSA) is 87.7 Å². The molecule has 1 aliphatic heterocycles. The fourth-order valence-electron chi connectivity index (χ4n) is 2.63. The number of nitrogens with one attached hydrogen (secondary N) is 2. The number of carbonyl (C=O) groups excluding carboxylic acids is 3. The first-order chi connectivity index (χ1) is 13.1. The molecule has 0 aliphatic carbocycles. The standard InChI is InChI=1S/C21H27N3O4/c1-14(22-20(27)28-21(2,3)4)18(25)23-17-16(15-10-7-6-8-11-15)12-9-13-24(5)19(17)26/h6-14,17H,1-5H3,(H,22,27)(H,23,25)/t14-,17?/m0/s1. The van der Waals surface area contributed by atoms with Crippen molar-refractivity contribution in [3.8, 4) is 0 Å². The van der Waals surface area contributed by atoms with Gasteiger partial charge in [0.1, 0.15) is 17.7 Å². The summed E-state index contributed by atoms with van der Waals surface area (Å²) in [5, 5.41) is 5.24. The van der Waals surface area contributed by atoms with Gasteiger partial charge in [-0.2, -0.15) is 0 Å². The molecule has 7 heteroatoms. The SMILES string of the molecule is C[C@H](NC(=O)OC(C)(C)C)C(=O)NC1C(=O)N(C)C=CC=C1c1ccccc1. The van der Waals surface area contributed by atoms with E-state index in [-0.39, 0.29) is 5.91 Å². The first-order valence-electron chi connectivity index (χ1n) is 9.09. The molecule has 7 nitrogen and oxygen atoms in total. The molecule has 3 amide bonds. The van der Waals surface area contributed by atoms with Crippen LogP contribution in [0.3, 0.4) is 0 Å². The number of ether oxygens (including phenoxy) is 1. The smallest absolute Gasteiger partial charge is 0.408 e. The van der Waals surface area contributed by atoms with Gasteiger partial charge in [-0.05, 0) is 44.9 Å². The van der Waals surface area contributed by atoms with E-state index in [4.69, 9.17) is 4.74 Å². The third-order valence-electron chi connectivity index (χ3n) is 4.01. The number of allylic oxidation sites excluding steroid dienone is 2. The molecule has 2 N–H and O–H groups in total. The molecule has 2 atom stereocenters. The Labute approximate surface area is 165 Å². The molecule has 0 saturated carbocycles. The van der Waals surface area contributed by atoms with Gasteiger partial charge < -0.3 is 20.3 Å². The van der Waals surface area contributed by atoms with Gasteiger partial charge in [0.2, 0.25) is 5.91 Å². The predicted octanol–water partition coefficient (Wildman–Crippen LogP) is 2.45. The Balaban J connectivity index is 2.16. The number of hydrogen-bond acceptors (Lipinski definition) is 4. The van der Waals surface area contributed by atoms with Crippen molar-refractivity contribution in [2.24, 2.45) is 0 Å². The number of amides is 3. The van der Waals surface area contributed by atoms with Crippen LogP contribution >= 0.6 is 0 Å². The zero-order valence-corrected chi connectivity index (χ0v) is 16.9. The van der Waals surface area contributed by atoms with Crippen LogP contribution in [-0.2, 0) is 14.3 Å². The summed E-state index contributed by atoms with van der Waals surface area (Å²) in [6.45, 7) is 6.75. The lowest BCUT2D eigenvalue weighted by Gasteiger charge is -2.26. The molecule has 1 heterocycles. The lowest BCUT2D eigenvalue weighted by Crippen LogP contribution is -2.53. The highest BCUT2D eigenvalue weighted by atomic mass is 16.6. The van der Waals surface area contributed by atoms with Crippen molar-refractivity contribution >= 4 is 23.5 Å². The molecular weight excluding hydrogens is 358 g/mol. The summed E-state index contributed by atoms with van der Waals surface area (Å²) in [7, 11) is 1.63. The minimum Gasteiger partial charge on any atom is -0.444 e.